The number of benzene rings is 3. The fourth-order valence-electron chi connectivity index (χ4n) is 5.13. The molecule has 2 aliphatic heterocycles. The monoisotopic (exact) mass is 512 g/mol. The van der Waals surface area contributed by atoms with Crippen LogP contribution in [0.5, 0.6) is 5.75 Å². The number of aromatic nitrogens is 2. The zero-order chi connectivity index (χ0) is 26.7. The molecule has 1 saturated heterocycles. The van der Waals surface area contributed by atoms with Gasteiger partial charge in [-0.15, -0.1) is 0 Å². The van der Waals surface area contributed by atoms with Crippen LogP contribution in [0.1, 0.15) is 29.7 Å². The summed E-state index contributed by atoms with van der Waals surface area (Å²) in [4.78, 5) is 37.5. The normalized spacial score (nSPS) is 20.2. The molecule has 38 heavy (non-hydrogen) atoms. The number of amides is 1. The number of imidazole rings is 1. The maximum Gasteiger partial charge on any atom is 0.302 e. The summed E-state index contributed by atoms with van der Waals surface area (Å²) in [6, 6.07) is 15.7. The number of hydrogen-bond acceptors (Lipinski definition) is 6. The van der Waals surface area contributed by atoms with E-state index in [1.165, 1.54) is 23.1 Å². The van der Waals surface area contributed by atoms with Crippen LogP contribution >= 0.6 is 0 Å². The minimum absolute atomic E-state index is 0.0149. The molecule has 0 spiro atoms. The fourth-order valence-corrected chi connectivity index (χ4v) is 5.13. The van der Waals surface area contributed by atoms with Gasteiger partial charge in [0.2, 0.25) is 5.95 Å². The second kappa shape index (κ2) is 8.72. The van der Waals surface area contributed by atoms with E-state index in [0.29, 0.717) is 28.6 Å². The Morgan fingerprint density at radius 3 is 2.61 bits per heavy atom. The number of aromatic amines is 1. The number of ether oxygens (including phenoxy) is 1. The first-order valence-electron chi connectivity index (χ1n) is 12.2. The summed E-state index contributed by atoms with van der Waals surface area (Å²) < 4.78 is 19.6. The van der Waals surface area contributed by atoms with Gasteiger partial charge in [0, 0.05) is 31.8 Å². The molecule has 1 amide bonds. The summed E-state index contributed by atoms with van der Waals surface area (Å²) in [5, 5.41) is 11.5. The predicted molar refractivity (Wildman–Crippen MR) is 142 cm³/mol. The molecule has 4 aromatic rings. The molecule has 0 bridgehead atoms. The van der Waals surface area contributed by atoms with E-state index in [-0.39, 0.29) is 23.4 Å². The quantitative estimate of drug-likeness (QED) is 0.233. The van der Waals surface area contributed by atoms with Gasteiger partial charge in [-0.3, -0.25) is 14.5 Å². The molecule has 0 radical (unpaired) electrons. The summed E-state index contributed by atoms with van der Waals surface area (Å²) >= 11 is 0. The van der Waals surface area contributed by atoms with Crippen LogP contribution in [0.3, 0.4) is 0 Å². The topological polar surface area (TPSA) is 98.8 Å². The van der Waals surface area contributed by atoms with Gasteiger partial charge in [0.25, 0.3) is 5.78 Å². The summed E-state index contributed by atoms with van der Waals surface area (Å²) in [6.07, 6.45) is 0.691. The molecule has 2 N–H and O–H groups in total. The summed E-state index contributed by atoms with van der Waals surface area (Å²) in [6.45, 7) is 1.96. The molecule has 9 heteroatoms. The Morgan fingerprint density at radius 2 is 1.87 bits per heavy atom. The van der Waals surface area contributed by atoms with Gasteiger partial charge in [-0.05, 0) is 66.6 Å². The van der Waals surface area contributed by atoms with E-state index < -0.39 is 23.5 Å². The van der Waals surface area contributed by atoms with Gasteiger partial charge >= 0.3 is 5.91 Å². The number of H-pyrrole nitrogens is 1. The number of hydrogen-bond donors (Lipinski definition) is 2. The highest BCUT2D eigenvalue weighted by Gasteiger charge is 2.48. The highest BCUT2D eigenvalue weighted by Crippen LogP contribution is 2.43. The standard InChI is InChI=1S/C29H25FN4O4/c1-15-12-18-13-17(6-11-23(18)38-15)26(35)24-25(16-4-8-20(9-5-16)33(2)3)34(28(37)27(24)36)29-31-21-10-7-19(30)14-22(21)32-29/h4-11,13-15,25,35H,12H2,1-3H3,(H,31,32)/b26-24+. The minimum Gasteiger partial charge on any atom is -0.507 e. The molecule has 1 aromatic heterocycles. The zero-order valence-corrected chi connectivity index (χ0v) is 21.0. The van der Waals surface area contributed by atoms with Gasteiger partial charge in [0.1, 0.15) is 23.4 Å². The zero-order valence-electron chi connectivity index (χ0n) is 21.0. The summed E-state index contributed by atoms with van der Waals surface area (Å²) in [5.41, 5.74) is 3.65. The Morgan fingerprint density at radius 1 is 1.11 bits per heavy atom. The molecular formula is C29H25FN4O4. The average molecular weight is 513 g/mol. The van der Waals surface area contributed by atoms with E-state index >= 15 is 0 Å². The number of Topliss-reactive ketones (excluding diaryl/α,β-unsaturated/α-hetero) is 1. The van der Waals surface area contributed by atoms with Crippen molar-refractivity contribution in [2.24, 2.45) is 0 Å². The molecule has 2 unspecified atom stereocenters. The lowest BCUT2D eigenvalue weighted by Gasteiger charge is -2.24. The molecule has 3 heterocycles. The van der Waals surface area contributed by atoms with Crippen molar-refractivity contribution in [1.82, 2.24) is 9.97 Å². The highest BCUT2D eigenvalue weighted by atomic mass is 19.1. The smallest absolute Gasteiger partial charge is 0.302 e. The third-order valence-electron chi connectivity index (χ3n) is 7.00. The third kappa shape index (κ3) is 3.78. The van der Waals surface area contributed by atoms with Crippen molar-refractivity contribution in [2.45, 2.75) is 25.5 Å². The Labute approximate surface area is 218 Å². The maximum atomic E-state index is 13.8. The molecule has 6 rings (SSSR count). The Kier molecular flexibility index (Phi) is 5.45. The van der Waals surface area contributed by atoms with E-state index in [1.807, 2.05) is 50.2 Å². The van der Waals surface area contributed by atoms with Gasteiger partial charge in [-0.2, -0.15) is 0 Å². The van der Waals surface area contributed by atoms with Crippen molar-refractivity contribution in [2.75, 3.05) is 23.9 Å². The second-order valence-corrected chi connectivity index (χ2v) is 9.83. The number of aliphatic hydroxyl groups is 1. The minimum atomic E-state index is -0.958. The van der Waals surface area contributed by atoms with E-state index in [9.17, 15) is 19.1 Å². The molecular weight excluding hydrogens is 487 g/mol. The number of ketones is 1. The SMILES string of the molecule is CC1Cc2cc(/C(O)=C3\C(=O)C(=O)N(c4nc5ccc(F)cc5[nH]4)C3c3ccc(N(C)C)cc3)ccc2O1. The molecule has 192 valence electrons. The van der Waals surface area contributed by atoms with Crippen molar-refractivity contribution in [1.29, 1.82) is 0 Å². The summed E-state index contributed by atoms with van der Waals surface area (Å²) in [7, 11) is 3.82. The van der Waals surface area contributed by atoms with Crippen molar-refractivity contribution in [3.63, 3.8) is 0 Å². The lowest BCUT2D eigenvalue weighted by atomic mass is 9.94. The van der Waals surface area contributed by atoms with Crippen LogP contribution in [-0.2, 0) is 16.0 Å². The predicted octanol–water partition coefficient (Wildman–Crippen LogP) is 4.72. The van der Waals surface area contributed by atoms with Crippen LogP contribution in [0.2, 0.25) is 0 Å². The number of anilines is 2. The number of fused-ring (bicyclic) bond motifs is 2. The van der Waals surface area contributed by atoms with E-state index in [1.54, 1.807) is 18.2 Å². The first kappa shape index (κ1) is 23.7. The number of aliphatic hydroxyl groups excluding tert-OH is 1. The maximum absolute atomic E-state index is 13.8. The van der Waals surface area contributed by atoms with Crippen molar-refractivity contribution < 1.29 is 23.8 Å². The summed E-state index contributed by atoms with van der Waals surface area (Å²) in [5.74, 6) is -1.59. The van der Waals surface area contributed by atoms with Crippen LogP contribution in [0.4, 0.5) is 16.0 Å². The van der Waals surface area contributed by atoms with Crippen LogP contribution < -0.4 is 14.5 Å². The van der Waals surface area contributed by atoms with Gasteiger partial charge in [0.05, 0.1) is 22.6 Å². The van der Waals surface area contributed by atoms with Gasteiger partial charge < -0.3 is 19.7 Å². The van der Waals surface area contributed by atoms with Crippen LogP contribution in [0.15, 0.2) is 66.2 Å². The Bertz CT molecular complexity index is 1640. The number of nitrogens with one attached hydrogen (secondary N) is 1. The number of carbonyl (C=O) groups is 2. The molecule has 3 aromatic carbocycles. The van der Waals surface area contributed by atoms with Gasteiger partial charge in [-0.25, -0.2) is 9.37 Å². The largest absolute Gasteiger partial charge is 0.507 e. The lowest BCUT2D eigenvalue weighted by molar-refractivity contribution is -0.132. The number of rotatable bonds is 4. The van der Waals surface area contributed by atoms with Crippen LogP contribution in [0.25, 0.3) is 16.8 Å². The van der Waals surface area contributed by atoms with Gasteiger partial charge in [-0.1, -0.05) is 12.1 Å². The Hall–Kier alpha value is -4.66. The molecule has 0 saturated carbocycles. The first-order chi connectivity index (χ1) is 18.2. The molecule has 2 aliphatic rings. The van der Waals surface area contributed by atoms with Crippen molar-refractivity contribution >= 4 is 40.1 Å². The lowest BCUT2D eigenvalue weighted by Crippen LogP contribution is -2.30. The van der Waals surface area contributed by atoms with Gasteiger partial charge in [0.15, 0.2) is 0 Å². The highest BCUT2D eigenvalue weighted by molar-refractivity contribution is 6.51. The molecule has 0 aliphatic carbocycles. The van der Waals surface area contributed by atoms with Crippen LogP contribution in [0, 0.1) is 5.82 Å². The second-order valence-electron chi connectivity index (χ2n) is 9.83. The first-order valence-corrected chi connectivity index (χ1v) is 12.2. The van der Waals surface area contributed by atoms with Crippen molar-refractivity contribution in [3.8, 4) is 5.75 Å². The average Bonchev–Trinajstić information content (AvgIpc) is 3.55. The fraction of sp³-hybridized carbons (Fsp3) is 0.207. The molecule has 2 atom stereocenters. The van der Waals surface area contributed by atoms with E-state index in [4.69, 9.17) is 4.74 Å². The molecule has 8 nitrogen and oxygen atoms in total. The number of halogens is 1. The third-order valence-corrected chi connectivity index (χ3v) is 7.00. The number of nitrogens with zero attached hydrogens (tertiary/aromatic N) is 3. The van der Waals surface area contributed by atoms with Crippen LogP contribution in [-0.4, -0.2) is 47.0 Å². The molecule has 1 fully saturated rings. The number of carbonyl (C=O) groups excluding carboxylic acids is 2. The van der Waals surface area contributed by atoms with E-state index in [0.717, 1.165) is 17.0 Å². The van der Waals surface area contributed by atoms with Crippen molar-refractivity contribution in [3.05, 3.63) is 88.7 Å². The Balaban J connectivity index is 1.53. The van der Waals surface area contributed by atoms with E-state index in [2.05, 4.69) is 9.97 Å².